The summed E-state index contributed by atoms with van der Waals surface area (Å²) < 4.78 is 1.00. The Morgan fingerprint density at radius 2 is 1.50 bits per heavy atom. The molecule has 8 heavy (non-hydrogen) atoms. The van der Waals surface area contributed by atoms with Crippen LogP contribution in [0.4, 0.5) is 0 Å². The Balaban J connectivity index is 2.98. The van der Waals surface area contributed by atoms with Crippen LogP contribution >= 0.6 is 0 Å². The Morgan fingerprint density at radius 1 is 1.12 bits per heavy atom. The molecule has 0 saturated heterocycles. The fourth-order valence-electron chi connectivity index (χ4n) is 0.574. The van der Waals surface area contributed by atoms with E-state index in [0.29, 0.717) is 0 Å². The summed E-state index contributed by atoms with van der Waals surface area (Å²) in [5, 5.41) is 0. The van der Waals surface area contributed by atoms with Crippen molar-refractivity contribution in [2.24, 2.45) is 9.98 Å². The first kappa shape index (κ1) is 5.96. The van der Waals surface area contributed by atoms with Gasteiger partial charge in [-0.2, -0.15) is 0 Å². The zero-order chi connectivity index (χ0) is 6.15. The third-order valence-corrected chi connectivity index (χ3v) is 1.78. The van der Waals surface area contributed by atoms with E-state index in [0.717, 1.165) is 33.6 Å². The fraction of sp³-hybridized carbons (Fsp3) is 0.400. The van der Waals surface area contributed by atoms with Crippen LogP contribution in [0.2, 0.25) is 0 Å². The molecule has 0 unspecified atom stereocenters. The van der Waals surface area contributed by atoms with Crippen molar-refractivity contribution in [2.75, 3.05) is 0 Å². The average Bonchev–Trinajstić information content (AvgIpc) is 1.85. The summed E-state index contributed by atoms with van der Waals surface area (Å²) in [5.74, 6) is 0. The Labute approximate surface area is 57.9 Å². The average molecular weight is 160 g/mol. The Hall–Kier alpha value is -0.167. The van der Waals surface area contributed by atoms with Crippen molar-refractivity contribution in [2.45, 2.75) is 13.8 Å². The molecule has 0 aromatic rings. The second-order valence-corrected chi connectivity index (χ2v) is 3.14. The van der Waals surface area contributed by atoms with Gasteiger partial charge in [-0.3, -0.25) is 0 Å². The third kappa shape index (κ3) is 0.973. The predicted octanol–water partition coefficient (Wildman–Crippen LogP) is 0.556. The van der Waals surface area contributed by atoms with Gasteiger partial charge in [-0.1, -0.05) is 0 Å². The molecule has 0 radical (unpaired) electrons. The molecule has 0 bridgehead atoms. The molecule has 1 heterocycles. The second kappa shape index (κ2) is 1.98. The third-order valence-electron chi connectivity index (χ3n) is 1.12. The quantitative estimate of drug-likeness (QED) is 0.462. The summed E-state index contributed by atoms with van der Waals surface area (Å²) >= 11 is 1.06. The van der Waals surface area contributed by atoms with Gasteiger partial charge < -0.3 is 0 Å². The van der Waals surface area contributed by atoms with Crippen LogP contribution in [0.25, 0.3) is 0 Å². The summed E-state index contributed by atoms with van der Waals surface area (Å²) in [7, 11) is 0. The molecule has 1 aliphatic rings. The molecule has 0 N–H and O–H groups in total. The summed E-state index contributed by atoms with van der Waals surface area (Å²) in [6.07, 6.45) is 0. The van der Waals surface area contributed by atoms with Crippen molar-refractivity contribution < 1.29 is 17.9 Å². The van der Waals surface area contributed by atoms with Crippen LogP contribution in [0.15, 0.2) is 9.98 Å². The van der Waals surface area contributed by atoms with Gasteiger partial charge in [-0.05, 0) is 0 Å². The van der Waals surface area contributed by atoms with E-state index < -0.39 is 0 Å². The second-order valence-electron chi connectivity index (χ2n) is 1.81. The summed E-state index contributed by atoms with van der Waals surface area (Å²) in [5.41, 5.74) is 2.15. The SMILES string of the molecule is CC1=N[C](=[Zn])N=C1C. The van der Waals surface area contributed by atoms with E-state index in [1.54, 1.807) is 0 Å². The van der Waals surface area contributed by atoms with E-state index in [9.17, 15) is 0 Å². The van der Waals surface area contributed by atoms with E-state index in [-0.39, 0.29) is 0 Å². The van der Waals surface area contributed by atoms with Gasteiger partial charge in [-0.15, -0.1) is 0 Å². The first-order valence-corrected chi connectivity index (χ1v) is 3.98. The van der Waals surface area contributed by atoms with E-state index >= 15 is 0 Å². The first-order chi connectivity index (χ1) is 3.70. The zero-order valence-electron chi connectivity index (χ0n) is 5.10. The minimum absolute atomic E-state index is 1.00. The van der Waals surface area contributed by atoms with Crippen LogP contribution in [0, 0.1) is 0 Å². The molecule has 0 aromatic carbocycles. The van der Waals surface area contributed by atoms with Gasteiger partial charge in [0.2, 0.25) is 0 Å². The monoisotopic (exact) mass is 158 g/mol. The van der Waals surface area contributed by atoms with Crippen LogP contribution < -0.4 is 0 Å². The number of rotatable bonds is 0. The van der Waals surface area contributed by atoms with Crippen LogP contribution in [0.5, 0.6) is 0 Å². The summed E-state index contributed by atoms with van der Waals surface area (Å²) in [4.78, 5) is 8.31. The van der Waals surface area contributed by atoms with Crippen molar-refractivity contribution >= 4 is 15.8 Å². The number of nitrogens with zero attached hydrogens (tertiary/aromatic N) is 2. The first-order valence-electron chi connectivity index (χ1n) is 2.50. The van der Waals surface area contributed by atoms with E-state index in [1.807, 2.05) is 13.8 Å². The van der Waals surface area contributed by atoms with Gasteiger partial charge in [0.1, 0.15) is 0 Å². The van der Waals surface area contributed by atoms with E-state index in [2.05, 4.69) is 9.98 Å². The van der Waals surface area contributed by atoms with Crippen molar-refractivity contribution in [3.63, 3.8) is 0 Å². The number of aliphatic imine (C=N–C) groups is 2. The van der Waals surface area contributed by atoms with Gasteiger partial charge in [0.15, 0.2) is 0 Å². The van der Waals surface area contributed by atoms with E-state index in [1.165, 1.54) is 0 Å². The van der Waals surface area contributed by atoms with Crippen LogP contribution in [0.1, 0.15) is 13.8 Å². The molecule has 0 amide bonds. The molecule has 0 saturated carbocycles. The maximum absolute atomic E-state index is 4.16. The van der Waals surface area contributed by atoms with Gasteiger partial charge in [0.05, 0.1) is 0 Å². The van der Waals surface area contributed by atoms with Gasteiger partial charge in [0.25, 0.3) is 0 Å². The van der Waals surface area contributed by atoms with Crippen molar-refractivity contribution in [3.05, 3.63) is 0 Å². The fourth-order valence-corrected chi connectivity index (χ4v) is 1.57. The molecular formula is C5H6N2Zn. The molecule has 0 spiro atoms. The number of hydrogen-bond acceptors (Lipinski definition) is 2. The van der Waals surface area contributed by atoms with Crippen molar-refractivity contribution in [1.29, 1.82) is 0 Å². The van der Waals surface area contributed by atoms with Crippen molar-refractivity contribution in [3.8, 4) is 0 Å². The molecule has 0 aliphatic carbocycles. The maximum atomic E-state index is 4.16. The Kier molecular flexibility index (Phi) is 1.48. The molecule has 0 aromatic heterocycles. The minimum atomic E-state index is 1.00. The van der Waals surface area contributed by atoms with Gasteiger partial charge in [0, 0.05) is 0 Å². The standard InChI is InChI=1S/C5H6N2.Zn/c1-4-5(2)7-3-6-4;/h1-2H3;. The Bertz CT molecular complexity index is 171. The summed E-state index contributed by atoms with van der Waals surface area (Å²) in [6, 6.07) is 0. The molecule has 1 rings (SSSR count). The summed E-state index contributed by atoms with van der Waals surface area (Å²) in [6.45, 7) is 3.98. The topological polar surface area (TPSA) is 24.7 Å². The van der Waals surface area contributed by atoms with Gasteiger partial charge in [-0.25, -0.2) is 0 Å². The zero-order valence-corrected chi connectivity index (χ0v) is 8.07. The molecule has 38 valence electrons. The molecule has 2 nitrogen and oxygen atoms in total. The molecule has 1 aliphatic heterocycles. The van der Waals surface area contributed by atoms with Crippen molar-refractivity contribution in [1.82, 2.24) is 0 Å². The molecule has 3 heteroatoms. The van der Waals surface area contributed by atoms with E-state index in [4.69, 9.17) is 0 Å². The van der Waals surface area contributed by atoms with Gasteiger partial charge >= 0.3 is 57.5 Å². The predicted molar refractivity (Wildman–Crippen MR) is 31.2 cm³/mol. The Morgan fingerprint density at radius 3 is 1.62 bits per heavy atom. The molecule has 0 atom stereocenters. The van der Waals surface area contributed by atoms with Crippen LogP contribution in [0.3, 0.4) is 0 Å². The molecule has 0 fully saturated rings. The van der Waals surface area contributed by atoms with Crippen LogP contribution in [-0.4, -0.2) is 15.8 Å². The van der Waals surface area contributed by atoms with Crippen LogP contribution in [-0.2, 0) is 17.9 Å². The molecular weight excluding hydrogens is 153 g/mol. The normalized spacial score (nSPS) is 18.8. The number of hydrogen-bond donors (Lipinski definition) is 0.